The lowest BCUT2D eigenvalue weighted by Gasteiger charge is -1.84. The fourth-order valence-electron chi connectivity index (χ4n) is 0.559. The van der Waals surface area contributed by atoms with Gasteiger partial charge in [0.1, 0.15) is 0 Å². The van der Waals surface area contributed by atoms with Crippen LogP contribution in [-0.4, -0.2) is 0 Å². The van der Waals surface area contributed by atoms with Crippen molar-refractivity contribution in [3.8, 4) is 0 Å². The normalized spacial score (nSPS) is 10.3. The van der Waals surface area contributed by atoms with E-state index in [-0.39, 0.29) is 0 Å². The highest BCUT2D eigenvalue weighted by atomic mass is 19.3. The predicted molar refractivity (Wildman–Crippen MR) is 39.0 cm³/mol. The number of unbranched alkanes of at least 4 members (excludes halogenated alkanes) is 2. The minimum Gasteiger partial charge on any atom is -0.173 e. The molecular formula is C8H12F2. The summed E-state index contributed by atoms with van der Waals surface area (Å²) in [6.07, 6.45) is 5.39. The number of halogens is 2. The number of hydrogen-bond donors (Lipinski definition) is 0. The second-order valence-corrected chi connectivity index (χ2v) is 2.03. The Labute approximate surface area is 60.2 Å². The van der Waals surface area contributed by atoms with Crippen molar-refractivity contribution < 1.29 is 8.78 Å². The van der Waals surface area contributed by atoms with Crippen molar-refractivity contribution in [3.63, 3.8) is 0 Å². The van der Waals surface area contributed by atoms with Crippen molar-refractivity contribution >= 4 is 0 Å². The van der Waals surface area contributed by atoms with Crippen LogP contribution in [0.3, 0.4) is 0 Å². The van der Waals surface area contributed by atoms with Crippen LogP contribution in [0, 0.1) is 0 Å². The molecule has 0 rings (SSSR count). The lowest BCUT2D eigenvalue weighted by atomic mass is 10.2. The number of allylic oxidation sites excluding steroid dienone is 3. The summed E-state index contributed by atoms with van der Waals surface area (Å²) in [4.78, 5) is 0. The van der Waals surface area contributed by atoms with Gasteiger partial charge in [0.05, 0.1) is 0 Å². The molecule has 0 aromatic rings. The van der Waals surface area contributed by atoms with Gasteiger partial charge in [-0.2, -0.15) is 8.78 Å². The van der Waals surface area contributed by atoms with Gasteiger partial charge in [0, 0.05) is 6.08 Å². The highest BCUT2D eigenvalue weighted by Crippen LogP contribution is 1.99. The van der Waals surface area contributed by atoms with Crippen LogP contribution in [0.4, 0.5) is 8.78 Å². The van der Waals surface area contributed by atoms with E-state index >= 15 is 0 Å². The van der Waals surface area contributed by atoms with Gasteiger partial charge >= 0.3 is 0 Å². The largest absolute Gasteiger partial charge is 0.270 e. The molecular weight excluding hydrogens is 134 g/mol. The molecule has 0 aliphatic heterocycles. The number of rotatable bonds is 4. The zero-order valence-electron chi connectivity index (χ0n) is 6.11. The summed E-state index contributed by atoms with van der Waals surface area (Å²) in [7, 11) is 0. The van der Waals surface area contributed by atoms with E-state index in [0.29, 0.717) is 0 Å². The van der Waals surface area contributed by atoms with E-state index in [2.05, 4.69) is 6.92 Å². The molecule has 0 N–H and O–H groups in total. The Morgan fingerprint density at radius 2 is 2.10 bits per heavy atom. The van der Waals surface area contributed by atoms with Crippen LogP contribution in [0.25, 0.3) is 0 Å². The molecule has 0 aliphatic carbocycles. The van der Waals surface area contributed by atoms with Gasteiger partial charge < -0.3 is 0 Å². The molecule has 0 aliphatic rings. The fraction of sp³-hybridized carbons (Fsp3) is 0.500. The van der Waals surface area contributed by atoms with E-state index in [1.54, 1.807) is 6.08 Å². The third-order valence-electron chi connectivity index (χ3n) is 1.08. The molecule has 0 atom stereocenters. The third kappa shape index (κ3) is 7.34. The summed E-state index contributed by atoms with van der Waals surface area (Å²) in [6, 6.07) is 0. The molecule has 0 saturated carbocycles. The molecule has 10 heavy (non-hydrogen) atoms. The van der Waals surface area contributed by atoms with Gasteiger partial charge in [-0.1, -0.05) is 31.9 Å². The van der Waals surface area contributed by atoms with E-state index in [9.17, 15) is 8.78 Å². The van der Waals surface area contributed by atoms with Gasteiger partial charge in [-0.25, -0.2) is 0 Å². The summed E-state index contributed by atoms with van der Waals surface area (Å²) < 4.78 is 22.7. The Morgan fingerprint density at radius 1 is 1.40 bits per heavy atom. The molecule has 0 aromatic carbocycles. The van der Waals surface area contributed by atoms with Crippen LogP contribution in [0.5, 0.6) is 0 Å². The topological polar surface area (TPSA) is 0 Å². The summed E-state index contributed by atoms with van der Waals surface area (Å²) in [5.74, 6) is 0. The molecule has 0 saturated heterocycles. The Bertz CT molecular complexity index is 121. The Kier molecular flexibility index (Phi) is 6.03. The Balaban J connectivity index is 3.29. The van der Waals surface area contributed by atoms with Gasteiger partial charge in [-0.05, 0) is 6.42 Å². The van der Waals surface area contributed by atoms with Gasteiger partial charge in [0.15, 0.2) is 0 Å². The molecule has 0 nitrogen and oxygen atoms in total. The number of hydrogen-bond acceptors (Lipinski definition) is 0. The lowest BCUT2D eigenvalue weighted by molar-refractivity contribution is 0.422. The van der Waals surface area contributed by atoms with Crippen LogP contribution in [-0.2, 0) is 0 Å². The van der Waals surface area contributed by atoms with E-state index < -0.39 is 6.08 Å². The van der Waals surface area contributed by atoms with Gasteiger partial charge in [-0.3, -0.25) is 0 Å². The maximum absolute atomic E-state index is 11.4. The zero-order valence-corrected chi connectivity index (χ0v) is 6.11. The summed E-state index contributed by atoms with van der Waals surface area (Å²) in [5, 5.41) is 0. The summed E-state index contributed by atoms with van der Waals surface area (Å²) >= 11 is 0. The first-order valence-electron chi connectivity index (χ1n) is 3.45. The van der Waals surface area contributed by atoms with E-state index in [0.717, 1.165) is 25.3 Å². The lowest BCUT2D eigenvalue weighted by Crippen LogP contribution is -1.65. The first-order chi connectivity index (χ1) is 4.77. The molecule has 0 spiro atoms. The van der Waals surface area contributed by atoms with Crippen LogP contribution in [0.1, 0.15) is 26.2 Å². The quantitative estimate of drug-likeness (QED) is 0.420. The molecule has 58 valence electrons. The molecule has 0 fully saturated rings. The van der Waals surface area contributed by atoms with E-state index in [1.165, 1.54) is 6.08 Å². The molecule has 0 radical (unpaired) electrons. The van der Waals surface area contributed by atoms with Crippen LogP contribution < -0.4 is 0 Å². The van der Waals surface area contributed by atoms with Gasteiger partial charge in [-0.15, -0.1) is 0 Å². The average molecular weight is 146 g/mol. The van der Waals surface area contributed by atoms with Crippen molar-refractivity contribution in [2.45, 2.75) is 26.2 Å². The van der Waals surface area contributed by atoms with Crippen molar-refractivity contribution in [2.75, 3.05) is 0 Å². The highest BCUT2D eigenvalue weighted by Gasteiger charge is 1.80. The van der Waals surface area contributed by atoms with Crippen LogP contribution in [0.2, 0.25) is 0 Å². The SMILES string of the molecule is CCCCC=CC=C(F)F. The minimum atomic E-state index is -1.63. The maximum atomic E-state index is 11.4. The highest BCUT2D eigenvalue weighted by molar-refractivity contribution is 5.02. The maximum Gasteiger partial charge on any atom is 0.270 e. The van der Waals surface area contributed by atoms with Crippen molar-refractivity contribution in [1.29, 1.82) is 0 Å². The smallest absolute Gasteiger partial charge is 0.173 e. The van der Waals surface area contributed by atoms with Crippen LogP contribution in [0.15, 0.2) is 24.3 Å². The minimum absolute atomic E-state index is 0.815. The molecule has 0 aromatic heterocycles. The molecule has 0 unspecified atom stereocenters. The standard InChI is InChI=1S/C8H12F2/c1-2-3-4-5-6-7-8(9)10/h5-7H,2-4H2,1H3. The predicted octanol–water partition coefficient (Wildman–Crippen LogP) is 3.51. The van der Waals surface area contributed by atoms with Crippen molar-refractivity contribution in [3.05, 3.63) is 24.3 Å². The second-order valence-electron chi connectivity index (χ2n) is 2.03. The molecule has 0 amide bonds. The van der Waals surface area contributed by atoms with Crippen LogP contribution >= 0.6 is 0 Å². The average Bonchev–Trinajstić information content (AvgIpc) is 1.87. The van der Waals surface area contributed by atoms with Gasteiger partial charge in [0.2, 0.25) is 0 Å². The third-order valence-corrected chi connectivity index (χ3v) is 1.08. The zero-order chi connectivity index (χ0) is 7.82. The Hall–Kier alpha value is -0.660. The van der Waals surface area contributed by atoms with Crippen molar-refractivity contribution in [1.82, 2.24) is 0 Å². The van der Waals surface area contributed by atoms with E-state index in [4.69, 9.17) is 0 Å². The second kappa shape index (κ2) is 6.46. The first kappa shape index (κ1) is 9.34. The summed E-state index contributed by atoms with van der Waals surface area (Å²) in [5.41, 5.74) is 0. The molecule has 2 heteroatoms. The van der Waals surface area contributed by atoms with Crippen molar-refractivity contribution in [2.24, 2.45) is 0 Å². The monoisotopic (exact) mass is 146 g/mol. The Morgan fingerprint density at radius 3 is 2.60 bits per heavy atom. The molecule has 0 heterocycles. The first-order valence-corrected chi connectivity index (χ1v) is 3.45. The fourth-order valence-corrected chi connectivity index (χ4v) is 0.559. The molecule has 0 bridgehead atoms. The van der Waals surface area contributed by atoms with E-state index in [1.807, 2.05) is 0 Å². The summed E-state index contributed by atoms with van der Waals surface area (Å²) in [6.45, 7) is 2.07. The van der Waals surface area contributed by atoms with Gasteiger partial charge in [0.25, 0.3) is 6.08 Å².